The van der Waals surface area contributed by atoms with Gasteiger partial charge in [-0.1, -0.05) is 20.4 Å². The van der Waals surface area contributed by atoms with Crippen LogP contribution in [0, 0.1) is 5.92 Å². The highest BCUT2D eigenvalue weighted by Crippen LogP contribution is 2.19. The minimum absolute atomic E-state index is 0.0218. The van der Waals surface area contributed by atoms with Crippen LogP contribution >= 0.6 is 0 Å². The molecule has 0 aliphatic carbocycles. The standard InChI is InChI=1S/C12H22O3/c1-6-11(14)12(5,7-2)15-8-9(3)10(4)13/h6,9-10,13H,1,7-8H2,2-5H3. The largest absolute Gasteiger partial charge is 0.393 e. The molecule has 88 valence electrons. The predicted octanol–water partition coefficient (Wildman–Crippen LogP) is 1.94. The molecule has 1 N–H and O–H groups in total. The first-order chi connectivity index (χ1) is 6.87. The first-order valence-electron chi connectivity index (χ1n) is 5.36. The zero-order valence-corrected chi connectivity index (χ0v) is 10.1. The summed E-state index contributed by atoms with van der Waals surface area (Å²) in [4.78, 5) is 11.5. The van der Waals surface area contributed by atoms with Crippen molar-refractivity contribution >= 4 is 5.78 Å². The summed E-state index contributed by atoms with van der Waals surface area (Å²) < 4.78 is 5.57. The summed E-state index contributed by atoms with van der Waals surface area (Å²) in [6.07, 6.45) is 1.46. The monoisotopic (exact) mass is 214 g/mol. The van der Waals surface area contributed by atoms with Gasteiger partial charge in [-0.3, -0.25) is 4.79 Å². The van der Waals surface area contributed by atoms with E-state index >= 15 is 0 Å². The molecular weight excluding hydrogens is 192 g/mol. The number of carbonyl (C=O) groups is 1. The lowest BCUT2D eigenvalue weighted by molar-refractivity contribution is -0.140. The lowest BCUT2D eigenvalue weighted by Gasteiger charge is -2.28. The number of ketones is 1. The second-order valence-corrected chi connectivity index (χ2v) is 4.18. The van der Waals surface area contributed by atoms with E-state index in [1.165, 1.54) is 6.08 Å². The molecule has 0 aromatic heterocycles. The van der Waals surface area contributed by atoms with Crippen LogP contribution in [0.4, 0.5) is 0 Å². The molecule has 0 radical (unpaired) electrons. The number of aliphatic hydroxyl groups excluding tert-OH is 1. The van der Waals surface area contributed by atoms with Crippen molar-refractivity contribution in [2.24, 2.45) is 5.92 Å². The summed E-state index contributed by atoms with van der Waals surface area (Å²) in [6, 6.07) is 0. The van der Waals surface area contributed by atoms with E-state index < -0.39 is 11.7 Å². The number of ether oxygens (including phenoxy) is 1. The molecule has 0 rings (SSSR count). The molecule has 0 saturated heterocycles. The van der Waals surface area contributed by atoms with Gasteiger partial charge < -0.3 is 9.84 Å². The summed E-state index contributed by atoms with van der Waals surface area (Å²) in [5.41, 5.74) is -0.801. The van der Waals surface area contributed by atoms with Crippen molar-refractivity contribution in [1.82, 2.24) is 0 Å². The zero-order chi connectivity index (χ0) is 12.1. The fourth-order valence-corrected chi connectivity index (χ4v) is 1.02. The molecule has 3 nitrogen and oxygen atoms in total. The fraction of sp³-hybridized carbons (Fsp3) is 0.750. The van der Waals surface area contributed by atoms with Gasteiger partial charge in [-0.05, 0) is 26.3 Å². The molecule has 0 saturated carbocycles. The molecule has 3 heteroatoms. The SMILES string of the molecule is C=CC(=O)C(C)(CC)OCC(C)C(C)O. The van der Waals surface area contributed by atoms with Crippen LogP contribution < -0.4 is 0 Å². The molecule has 0 heterocycles. The highest BCUT2D eigenvalue weighted by atomic mass is 16.5. The Balaban J connectivity index is 4.33. The maximum atomic E-state index is 11.5. The van der Waals surface area contributed by atoms with Gasteiger partial charge in [-0.2, -0.15) is 0 Å². The van der Waals surface area contributed by atoms with Crippen molar-refractivity contribution in [1.29, 1.82) is 0 Å². The summed E-state index contributed by atoms with van der Waals surface area (Å²) in [7, 11) is 0. The molecule has 0 aromatic rings. The Morgan fingerprint density at radius 1 is 1.60 bits per heavy atom. The summed E-state index contributed by atoms with van der Waals surface area (Å²) in [5, 5.41) is 9.30. The molecular formula is C12H22O3. The Kier molecular flexibility index (Phi) is 5.76. The van der Waals surface area contributed by atoms with Crippen LogP contribution in [-0.2, 0) is 9.53 Å². The topological polar surface area (TPSA) is 46.5 Å². The normalized spacial score (nSPS) is 19.0. The Morgan fingerprint density at radius 3 is 2.47 bits per heavy atom. The van der Waals surface area contributed by atoms with Gasteiger partial charge >= 0.3 is 0 Å². The molecule has 3 unspecified atom stereocenters. The van der Waals surface area contributed by atoms with E-state index in [1.807, 2.05) is 13.8 Å². The van der Waals surface area contributed by atoms with E-state index in [0.29, 0.717) is 13.0 Å². The van der Waals surface area contributed by atoms with Gasteiger partial charge in [0, 0.05) is 5.92 Å². The second kappa shape index (κ2) is 6.03. The van der Waals surface area contributed by atoms with Crippen molar-refractivity contribution in [3.05, 3.63) is 12.7 Å². The zero-order valence-electron chi connectivity index (χ0n) is 10.1. The molecule has 0 aliphatic rings. The average molecular weight is 214 g/mol. The maximum absolute atomic E-state index is 11.5. The van der Waals surface area contributed by atoms with Gasteiger partial charge in [-0.25, -0.2) is 0 Å². The maximum Gasteiger partial charge on any atom is 0.186 e. The highest BCUT2D eigenvalue weighted by molar-refractivity contribution is 5.96. The van der Waals surface area contributed by atoms with Crippen molar-refractivity contribution in [3.8, 4) is 0 Å². The predicted molar refractivity (Wildman–Crippen MR) is 60.7 cm³/mol. The fourth-order valence-electron chi connectivity index (χ4n) is 1.02. The smallest absolute Gasteiger partial charge is 0.186 e. The van der Waals surface area contributed by atoms with Crippen molar-refractivity contribution in [3.63, 3.8) is 0 Å². The van der Waals surface area contributed by atoms with Gasteiger partial charge in [0.25, 0.3) is 0 Å². The summed E-state index contributed by atoms with van der Waals surface area (Å²) in [6.45, 7) is 11.1. The third-order valence-electron chi connectivity index (χ3n) is 2.87. The third kappa shape index (κ3) is 4.14. The number of rotatable bonds is 7. The van der Waals surface area contributed by atoms with Gasteiger partial charge in [0.15, 0.2) is 5.78 Å². The number of aliphatic hydroxyl groups is 1. The Hall–Kier alpha value is -0.670. The minimum atomic E-state index is -0.801. The average Bonchev–Trinajstić information content (AvgIpc) is 2.23. The van der Waals surface area contributed by atoms with Gasteiger partial charge in [0.05, 0.1) is 12.7 Å². The second-order valence-electron chi connectivity index (χ2n) is 4.18. The molecule has 0 fully saturated rings. The summed E-state index contributed by atoms with van der Waals surface area (Å²) in [5.74, 6) is -0.0868. The third-order valence-corrected chi connectivity index (χ3v) is 2.87. The van der Waals surface area contributed by atoms with Crippen LogP contribution in [0.3, 0.4) is 0 Å². The first-order valence-corrected chi connectivity index (χ1v) is 5.36. The van der Waals surface area contributed by atoms with Gasteiger partial charge in [-0.15, -0.1) is 0 Å². The molecule has 15 heavy (non-hydrogen) atoms. The van der Waals surface area contributed by atoms with E-state index in [0.717, 1.165) is 0 Å². The molecule has 3 atom stereocenters. The van der Waals surface area contributed by atoms with Crippen LogP contribution in [0.2, 0.25) is 0 Å². The van der Waals surface area contributed by atoms with Crippen molar-refractivity contribution in [2.45, 2.75) is 45.8 Å². The number of hydrogen-bond acceptors (Lipinski definition) is 3. The lowest BCUT2D eigenvalue weighted by atomic mass is 9.97. The van der Waals surface area contributed by atoms with Gasteiger partial charge in [0.2, 0.25) is 0 Å². The molecule has 0 bridgehead atoms. The van der Waals surface area contributed by atoms with E-state index in [1.54, 1.807) is 13.8 Å². The Labute approximate surface area is 92.1 Å². The van der Waals surface area contributed by atoms with E-state index in [9.17, 15) is 9.90 Å². The van der Waals surface area contributed by atoms with Crippen LogP contribution in [0.15, 0.2) is 12.7 Å². The van der Waals surface area contributed by atoms with Crippen LogP contribution in [0.25, 0.3) is 0 Å². The molecule has 0 aromatic carbocycles. The van der Waals surface area contributed by atoms with Crippen LogP contribution in [-0.4, -0.2) is 29.2 Å². The summed E-state index contributed by atoms with van der Waals surface area (Å²) >= 11 is 0. The quantitative estimate of drug-likeness (QED) is 0.659. The van der Waals surface area contributed by atoms with E-state index in [2.05, 4.69) is 6.58 Å². The first kappa shape index (κ1) is 14.3. The lowest BCUT2D eigenvalue weighted by Crippen LogP contribution is -2.38. The van der Waals surface area contributed by atoms with Crippen LogP contribution in [0.1, 0.15) is 34.1 Å². The Bertz CT molecular complexity index is 223. The van der Waals surface area contributed by atoms with Crippen LogP contribution in [0.5, 0.6) is 0 Å². The molecule has 0 amide bonds. The number of carbonyl (C=O) groups excluding carboxylic acids is 1. The number of hydrogen-bond donors (Lipinski definition) is 1. The molecule has 0 spiro atoms. The van der Waals surface area contributed by atoms with Crippen molar-refractivity contribution < 1.29 is 14.6 Å². The van der Waals surface area contributed by atoms with Crippen molar-refractivity contribution in [2.75, 3.05) is 6.61 Å². The van der Waals surface area contributed by atoms with E-state index in [4.69, 9.17) is 4.74 Å². The molecule has 0 aliphatic heterocycles. The van der Waals surface area contributed by atoms with E-state index in [-0.39, 0.29) is 11.7 Å². The van der Waals surface area contributed by atoms with Gasteiger partial charge in [0.1, 0.15) is 5.60 Å². The highest BCUT2D eigenvalue weighted by Gasteiger charge is 2.30. The Morgan fingerprint density at radius 2 is 2.13 bits per heavy atom. The minimum Gasteiger partial charge on any atom is -0.393 e.